The van der Waals surface area contributed by atoms with E-state index in [1.165, 1.54) is 0 Å². The van der Waals surface area contributed by atoms with E-state index in [1.54, 1.807) is 12.3 Å². The molecule has 2 heterocycles. The second-order valence-electron chi connectivity index (χ2n) is 3.97. The van der Waals surface area contributed by atoms with Gasteiger partial charge in [-0.25, -0.2) is 9.97 Å². The fourth-order valence-corrected chi connectivity index (χ4v) is 1.75. The molecule has 1 aromatic rings. The molecule has 0 spiro atoms. The van der Waals surface area contributed by atoms with E-state index in [2.05, 4.69) is 20.6 Å². The molecule has 2 N–H and O–H groups in total. The highest BCUT2D eigenvalue weighted by Crippen LogP contribution is 2.01. The van der Waals surface area contributed by atoms with E-state index in [0.717, 1.165) is 26.2 Å². The molecule has 1 aromatic heterocycles. The second kappa shape index (κ2) is 5.58. The molecule has 1 aliphatic heterocycles. The molecule has 0 unspecified atom stereocenters. The van der Waals surface area contributed by atoms with E-state index in [1.807, 2.05) is 11.8 Å². The number of aryl methyl sites for hydroxylation is 1. The van der Waals surface area contributed by atoms with Crippen LogP contribution in [0, 0.1) is 6.92 Å². The molecule has 0 aromatic carbocycles. The van der Waals surface area contributed by atoms with Crippen molar-refractivity contribution in [3.8, 4) is 0 Å². The zero-order chi connectivity index (χ0) is 12.1. The van der Waals surface area contributed by atoms with Crippen LogP contribution in [-0.4, -0.2) is 53.5 Å². The maximum absolute atomic E-state index is 11.8. The molecule has 0 saturated carbocycles. The molecule has 0 atom stereocenters. The van der Waals surface area contributed by atoms with Gasteiger partial charge in [0.2, 0.25) is 5.91 Å². The lowest BCUT2D eigenvalue weighted by Crippen LogP contribution is -2.48. The monoisotopic (exact) mass is 235 g/mol. The van der Waals surface area contributed by atoms with Crippen LogP contribution in [0.2, 0.25) is 0 Å². The Bertz CT molecular complexity index is 389. The molecule has 6 nitrogen and oxygen atoms in total. The van der Waals surface area contributed by atoms with Gasteiger partial charge in [0.25, 0.3) is 0 Å². The minimum absolute atomic E-state index is 0.114. The maximum Gasteiger partial charge on any atom is 0.242 e. The summed E-state index contributed by atoms with van der Waals surface area (Å²) in [6.07, 6.45) is 1.68. The van der Waals surface area contributed by atoms with E-state index in [4.69, 9.17) is 0 Å². The molecule has 92 valence electrons. The van der Waals surface area contributed by atoms with Crippen LogP contribution in [0.4, 0.5) is 5.82 Å². The summed E-state index contributed by atoms with van der Waals surface area (Å²) in [6, 6.07) is 1.76. The third kappa shape index (κ3) is 3.39. The quantitative estimate of drug-likeness (QED) is 0.748. The Morgan fingerprint density at radius 3 is 3.00 bits per heavy atom. The molecular weight excluding hydrogens is 218 g/mol. The summed E-state index contributed by atoms with van der Waals surface area (Å²) in [5, 5.41) is 6.24. The van der Waals surface area contributed by atoms with E-state index in [-0.39, 0.29) is 12.5 Å². The fraction of sp³-hybridized carbons (Fsp3) is 0.545. The first-order valence-corrected chi connectivity index (χ1v) is 5.78. The Labute approximate surface area is 100 Å². The van der Waals surface area contributed by atoms with Gasteiger partial charge in [0.1, 0.15) is 11.6 Å². The van der Waals surface area contributed by atoms with Gasteiger partial charge < -0.3 is 15.5 Å². The average Bonchev–Trinajstić information content (AvgIpc) is 2.37. The average molecular weight is 235 g/mol. The minimum Gasteiger partial charge on any atom is -0.361 e. The number of amides is 1. The van der Waals surface area contributed by atoms with Crippen LogP contribution in [0.5, 0.6) is 0 Å². The predicted molar refractivity (Wildman–Crippen MR) is 64.7 cm³/mol. The number of aromatic nitrogens is 2. The molecule has 17 heavy (non-hydrogen) atoms. The highest BCUT2D eigenvalue weighted by molar-refractivity contribution is 5.80. The topological polar surface area (TPSA) is 70.2 Å². The van der Waals surface area contributed by atoms with E-state index in [9.17, 15) is 4.79 Å². The molecular formula is C11H17N5O. The van der Waals surface area contributed by atoms with Crippen LogP contribution in [-0.2, 0) is 4.79 Å². The fourth-order valence-electron chi connectivity index (χ4n) is 1.75. The van der Waals surface area contributed by atoms with Crippen molar-refractivity contribution in [1.82, 2.24) is 20.2 Å². The number of nitrogens with one attached hydrogen (secondary N) is 2. The largest absolute Gasteiger partial charge is 0.361 e. The lowest BCUT2D eigenvalue weighted by molar-refractivity contribution is -0.129. The van der Waals surface area contributed by atoms with E-state index < -0.39 is 0 Å². The normalized spacial score (nSPS) is 15.7. The van der Waals surface area contributed by atoms with Gasteiger partial charge in [0, 0.05) is 32.4 Å². The number of carbonyl (C=O) groups is 1. The number of hydrogen-bond acceptors (Lipinski definition) is 5. The van der Waals surface area contributed by atoms with Crippen molar-refractivity contribution in [1.29, 1.82) is 0 Å². The smallest absolute Gasteiger partial charge is 0.242 e. The van der Waals surface area contributed by atoms with Crippen LogP contribution in [0.3, 0.4) is 0 Å². The molecule has 2 rings (SSSR count). The molecule has 0 aliphatic carbocycles. The van der Waals surface area contributed by atoms with Gasteiger partial charge in [-0.1, -0.05) is 0 Å². The van der Waals surface area contributed by atoms with E-state index in [0.29, 0.717) is 11.6 Å². The Morgan fingerprint density at radius 1 is 1.53 bits per heavy atom. The summed E-state index contributed by atoms with van der Waals surface area (Å²) in [6.45, 7) is 5.42. The summed E-state index contributed by atoms with van der Waals surface area (Å²) in [5.74, 6) is 1.51. The third-order valence-electron chi connectivity index (χ3n) is 2.67. The van der Waals surface area contributed by atoms with Crippen molar-refractivity contribution in [3.05, 3.63) is 18.1 Å². The third-order valence-corrected chi connectivity index (χ3v) is 2.67. The second-order valence-corrected chi connectivity index (χ2v) is 3.97. The molecule has 1 fully saturated rings. The van der Waals surface area contributed by atoms with Gasteiger partial charge in [-0.15, -0.1) is 0 Å². The van der Waals surface area contributed by atoms with Gasteiger partial charge in [-0.2, -0.15) is 0 Å². The van der Waals surface area contributed by atoms with Crippen LogP contribution in [0.1, 0.15) is 5.82 Å². The van der Waals surface area contributed by atoms with Crippen molar-refractivity contribution in [2.75, 3.05) is 38.0 Å². The van der Waals surface area contributed by atoms with Gasteiger partial charge in [0.05, 0.1) is 6.54 Å². The maximum atomic E-state index is 11.8. The lowest BCUT2D eigenvalue weighted by atomic mass is 10.3. The standard InChI is InChI=1S/C11H17N5O/c1-9-13-3-2-10(15-9)14-8-11(17)16-6-4-12-5-7-16/h2-3,12H,4-8H2,1H3,(H,13,14,15). The lowest BCUT2D eigenvalue weighted by Gasteiger charge is -2.27. The molecule has 0 radical (unpaired) electrons. The number of piperazine rings is 1. The first-order chi connectivity index (χ1) is 8.25. The molecule has 1 aliphatic rings. The SMILES string of the molecule is Cc1nccc(NCC(=O)N2CCNCC2)n1. The first kappa shape index (κ1) is 11.8. The summed E-state index contributed by atoms with van der Waals surface area (Å²) in [4.78, 5) is 21.9. The zero-order valence-electron chi connectivity index (χ0n) is 9.94. The van der Waals surface area contributed by atoms with Crippen LogP contribution in [0.25, 0.3) is 0 Å². The summed E-state index contributed by atoms with van der Waals surface area (Å²) in [7, 11) is 0. The van der Waals surface area contributed by atoms with Crippen molar-refractivity contribution in [2.45, 2.75) is 6.92 Å². The summed E-state index contributed by atoms with van der Waals surface area (Å²) in [5.41, 5.74) is 0. The molecule has 1 amide bonds. The zero-order valence-corrected chi connectivity index (χ0v) is 9.94. The summed E-state index contributed by atoms with van der Waals surface area (Å²) < 4.78 is 0. The highest BCUT2D eigenvalue weighted by Gasteiger charge is 2.15. The Morgan fingerprint density at radius 2 is 2.29 bits per heavy atom. The van der Waals surface area contributed by atoms with Crippen LogP contribution < -0.4 is 10.6 Å². The van der Waals surface area contributed by atoms with Gasteiger partial charge in [0.15, 0.2) is 0 Å². The van der Waals surface area contributed by atoms with Crippen molar-refractivity contribution in [2.24, 2.45) is 0 Å². The first-order valence-electron chi connectivity index (χ1n) is 5.78. The number of nitrogens with zero attached hydrogens (tertiary/aromatic N) is 3. The number of hydrogen-bond donors (Lipinski definition) is 2. The van der Waals surface area contributed by atoms with Crippen molar-refractivity contribution >= 4 is 11.7 Å². The molecule has 1 saturated heterocycles. The Hall–Kier alpha value is -1.69. The van der Waals surface area contributed by atoms with E-state index >= 15 is 0 Å². The Balaban J connectivity index is 1.83. The van der Waals surface area contributed by atoms with Gasteiger partial charge in [-0.3, -0.25) is 4.79 Å². The minimum atomic E-state index is 0.114. The van der Waals surface area contributed by atoms with Crippen molar-refractivity contribution in [3.63, 3.8) is 0 Å². The number of carbonyl (C=O) groups excluding carboxylic acids is 1. The van der Waals surface area contributed by atoms with Crippen LogP contribution >= 0.6 is 0 Å². The molecule has 0 bridgehead atoms. The summed E-state index contributed by atoms with van der Waals surface area (Å²) >= 11 is 0. The Kier molecular flexibility index (Phi) is 3.87. The molecule has 6 heteroatoms. The predicted octanol–water partition coefficient (Wildman–Crippen LogP) is -0.371. The van der Waals surface area contributed by atoms with Crippen molar-refractivity contribution < 1.29 is 4.79 Å². The highest BCUT2D eigenvalue weighted by atomic mass is 16.2. The number of anilines is 1. The van der Waals surface area contributed by atoms with Crippen LogP contribution in [0.15, 0.2) is 12.3 Å². The number of rotatable bonds is 3. The van der Waals surface area contributed by atoms with Gasteiger partial charge >= 0.3 is 0 Å². The van der Waals surface area contributed by atoms with Gasteiger partial charge in [-0.05, 0) is 13.0 Å².